The molecular weight excluding hydrogens is 356 g/mol. The maximum Gasteiger partial charge on any atom is 0.293 e. The van der Waals surface area contributed by atoms with Gasteiger partial charge in [-0.05, 0) is 31.4 Å². The van der Waals surface area contributed by atoms with E-state index in [0.717, 1.165) is 31.2 Å². The molecule has 1 aromatic carbocycles. The van der Waals surface area contributed by atoms with Gasteiger partial charge in [0.15, 0.2) is 5.17 Å². The topological polar surface area (TPSA) is 114 Å². The molecule has 138 valence electrons. The zero-order valence-electron chi connectivity index (χ0n) is 14.4. The van der Waals surface area contributed by atoms with Gasteiger partial charge in [-0.25, -0.2) is 0 Å². The number of amidine groups is 1. The minimum atomic E-state index is -0.570. The van der Waals surface area contributed by atoms with Crippen molar-refractivity contribution in [2.75, 3.05) is 5.32 Å². The van der Waals surface area contributed by atoms with Crippen LogP contribution in [0.4, 0.5) is 11.4 Å². The minimum absolute atomic E-state index is 0.0643. The molecule has 0 radical (unpaired) electrons. The number of hydrogen-bond donors (Lipinski definition) is 2. The predicted octanol–water partition coefficient (Wildman–Crippen LogP) is 2.76. The van der Waals surface area contributed by atoms with E-state index in [9.17, 15) is 19.7 Å². The van der Waals surface area contributed by atoms with Gasteiger partial charge < -0.3 is 10.6 Å². The third-order valence-electron chi connectivity index (χ3n) is 4.40. The van der Waals surface area contributed by atoms with Crippen LogP contribution in [0.3, 0.4) is 0 Å². The molecule has 1 aromatic rings. The fourth-order valence-electron chi connectivity index (χ4n) is 3.07. The molecule has 2 amide bonds. The molecule has 1 atom stereocenters. The van der Waals surface area contributed by atoms with Crippen molar-refractivity contribution >= 4 is 40.1 Å². The van der Waals surface area contributed by atoms with Crippen molar-refractivity contribution in [3.63, 3.8) is 0 Å². The number of nitrogens with one attached hydrogen (secondary N) is 2. The number of carbonyl (C=O) groups is 2. The Bertz CT molecular complexity index is 774. The van der Waals surface area contributed by atoms with Crippen molar-refractivity contribution in [3.05, 3.63) is 33.9 Å². The van der Waals surface area contributed by atoms with Crippen molar-refractivity contribution in [2.24, 2.45) is 4.99 Å². The fraction of sp³-hybridized carbons (Fsp3) is 0.471. The second kappa shape index (κ2) is 7.86. The van der Waals surface area contributed by atoms with Gasteiger partial charge >= 0.3 is 0 Å². The Kier molecular flexibility index (Phi) is 5.55. The first-order valence-corrected chi connectivity index (χ1v) is 9.40. The largest absolute Gasteiger partial charge is 0.320 e. The van der Waals surface area contributed by atoms with E-state index >= 15 is 0 Å². The van der Waals surface area contributed by atoms with Gasteiger partial charge in [-0.2, -0.15) is 0 Å². The number of amides is 2. The molecule has 2 aliphatic rings. The highest BCUT2D eigenvalue weighted by molar-refractivity contribution is 8.15. The van der Waals surface area contributed by atoms with Crippen LogP contribution >= 0.6 is 11.8 Å². The summed E-state index contributed by atoms with van der Waals surface area (Å²) in [5.41, 5.74) is 0.701. The average molecular weight is 376 g/mol. The SMILES string of the molecule is Cc1ccc(NC(=O)CC2SC(=NC3CCCC3)NC2=O)c([N+](=O)[O-])c1. The van der Waals surface area contributed by atoms with E-state index < -0.39 is 16.1 Å². The first kappa shape index (κ1) is 18.4. The number of nitro groups is 1. The third-order valence-corrected chi connectivity index (χ3v) is 5.49. The van der Waals surface area contributed by atoms with Gasteiger partial charge in [-0.1, -0.05) is 30.7 Å². The molecule has 2 N–H and O–H groups in total. The maximum atomic E-state index is 12.3. The Morgan fingerprint density at radius 2 is 2.15 bits per heavy atom. The highest BCUT2D eigenvalue weighted by Crippen LogP contribution is 2.29. The zero-order chi connectivity index (χ0) is 18.7. The number of nitrogens with zero attached hydrogens (tertiary/aromatic N) is 2. The summed E-state index contributed by atoms with van der Waals surface area (Å²) in [6.45, 7) is 1.74. The number of hydrogen-bond acceptors (Lipinski definition) is 6. The van der Waals surface area contributed by atoms with Crippen LogP contribution in [-0.4, -0.2) is 33.2 Å². The van der Waals surface area contributed by atoms with Crippen LogP contribution < -0.4 is 10.6 Å². The Balaban J connectivity index is 1.62. The number of aryl methyl sites for hydroxylation is 1. The van der Waals surface area contributed by atoms with E-state index in [-0.39, 0.29) is 29.7 Å². The zero-order valence-corrected chi connectivity index (χ0v) is 15.2. The molecule has 1 aliphatic heterocycles. The number of nitro benzene ring substituents is 1. The van der Waals surface area contributed by atoms with Crippen molar-refractivity contribution in [2.45, 2.75) is 50.3 Å². The fourth-order valence-corrected chi connectivity index (χ4v) is 4.11. The summed E-state index contributed by atoms with van der Waals surface area (Å²) in [4.78, 5) is 39.5. The number of aliphatic imine (C=N–C) groups is 1. The van der Waals surface area contributed by atoms with Crippen LogP contribution in [-0.2, 0) is 9.59 Å². The molecule has 1 saturated carbocycles. The number of benzene rings is 1. The summed E-state index contributed by atoms with van der Waals surface area (Å²) in [6.07, 6.45) is 4.30. The molecule has 1 unspecified atom stereocenters. The van der Waals surface area contributed by atoms with Crippen LogP contribution in [0.15, 0.2) is 23.2 Å². The molecule has 1 saturated heterocycles. The molecular formula is C17H20N4O4S. The van der Waals surface area contributed by atoms with Crippen LogP contribution in [0.2, 0.25) is 0 Å². The van der Waals surface area contributed by atoms with Crippen molar-refractivity contribution in [3.8, 4) is 0 Å². The lowest BCUT2D eigenvalue weighted by Crippen LogP contribution is -2.28. The average Bonchev–Trinajstić information content (AvgIpc) is 3.19. The van der Waals surface area contributed by atoms with Gasteiger partial charge in [0.1, 0.15) is 10.9 Å². The first-order chi connectivity index (χ1) is 12.4. The molecule has 0 bridgehead atoms. The molecule has 0 aromatic heterocycles. The lowest BCUT2D eigenvalue weighted by Gasteiger charge is -2.08. The number of thioether (sulfide) groups is 1. The summed E-state index contributed by atoms with van der Waals surface area (Å²) in [5, 5.41) is 16.4. The van der Waals surface area contributed by atoms with Crippen molar-refractivity contribution in [1.29, 1.82) is 0 Å². The van der Waals surface area contributed by atoms with E-state index in [0.29, 0.717) is 5.17 Å². The second-order valence-corrected chi connectivity index (χ2v) is 7.69. The normalized spacial score (nSPS) is 21.8. The molecule has 8 nitrogen and oxygen atoms in total. The van der Waals surface area contributed by atoms with Crippen LogP contribution in [0.25, 0.3) is 0 Å². The van der Waals surface area contributed by atoms with E-state index in [2.05, 4.69) is 15.6 Å². The van der Waals surface area contributed by atoms with Gasteiger partial charge in [0, 0.05) is 12.5 Å². The molecule has 3 rings (SSSR count). The molecule has 1 aliphatic carbocycles. The Morgan fingerprint density at radius 1 is 1.42 bits per heavy atom. The van der Waals surface area contributed by atoms with Crippen molar-refractivity contribution < 1.29 is 14.5 Å². The van der Waals surface area contributed by atoms with Gasteiger partial charge in [0.05, 0.1) is 11.0 Å². The maximum absolute atomic E-state index is 12.3. The van der Waals surface area contributed by atoms with E-state index in [1.54, 1.807) is 13.0 Å². The number of anilines is 1. The Hall–Kier alpha value is -2.42. The number of carbonyl (C=O) groups excluding carboxylic acids is 2. The lowest BCUT2D eigenvalue weighted by molar-refractivity contribution is -0.384. The molecule has 0 spiro atoms. The first-order valence-electron chi connectivity index (χ1n) is 8.52. The van der Waals surface area contributed by atoms with Crippen LogP contribution in [0.5, 0.6) is 0 Å². The summed E-state index contributed by atoms with van der Waals surface area (Å²) in [6, 6.07) is 4.84. The Labute approximate surface area is 155 Å². The van der Waals surface area contributed by atoms with Gasteiger partial charge in [-0.15, -0.1) is 0 Å². The molecule has 9 heteroatoms. The third kappa shape index (κ3) is 4.40. The van der Waals surface area contributed by atoms with E-state index in [1.165, 1.54) is 23.9 Å². The quantitative estimate of drug-likeness (QED) is 0.606. The van der Waals surface area contributed by atoms with Crippen LogP contribution in [0, 0.1) is 17.0 Å². The highest BCUT2D eigenvalue weighted by Gasteiger charge is 2.33. The van der Waals surface area contributed by atoms with Crippen LogP contribution in [0.1, 0.15) is 37.7 Å². The van der Waals surface area contributed by atoms with E-state index in [1.807, 2.05) is 0 Å². The lowest BCUT2D eigenvalue weighted by atomic mass is 10.2. The minimum Gasteiger partial charge on any atom is -0.320 e. The highest BCUT2D eigenvalue weighted by atomic mass is 32.2. The van der Waals surface area contributed by atoms with Crippen molar-refractivity contribution in [1.82, 2.24) is 5.32 Å². The van der Waals surface area contributed by atoms with Gasteiger partial charge in [-0.3, -0.25) is 24.7 Å². The molecule has 2 fully saturated rings. The molecule has 1 heterocycles. The van der Waals surface area contributed by atoms with E-state index in [4.69, 9.17) is 0 Å². The number of rotatable bonds is 5. The van der Waals surface area contributed by atoms with Gasteiger partial charge in [0.2, 0.25) is 11.8 Å². The smallest absolute Gasteiger partial charge is 0.293 e. The monoisotopic (exact) mass is 376 g/mol. The summed E-state index contributed by atoms with van der Waals surface area (Å²) in [7, 11) is 0. The predicted molar refractivity (Wildman–Crippen MR) is 100 cm³/mol. The summed E-state index contributed by atoms with van der Waals surface area (Å²) >= 11 is 1.25. The second-order valence-electron chi connectivity index (χ2n) is 6.50. The standard InChI is InChI=1S/C17H20N4O4S/c1-10-6-7-12(13(8-10)21(24)25)19-15(22)9-14-16(23)20-17(26-14)18-11-4-2-3-5-11/h6-8,11,14H,2-5,9H2,1H3,(H,19,22)(H,18,20,23). The Morgan fingerprint density at radius 3 is 2.85 bits per heavy atom. The summed E-state index contributed by atoms with van der Waals surface area (Å²) < 4.78 is 0. The van der Waals surface area contributed by atoms with Gasteiger partial charge in [0.25, 0.3) is 5.69 Å². The summed E-state index contributed by atoms with van der Waals surface area (Å²) in [5.74, 6) is -0.688. The molecule has 26 heavy (non-hydrogen) atoms.